The molecule has 0 aliphatic heterocycles. The summed E-state index contributed by atoms with van der Waals surface area (Å²) in [4.78, 5) is 12.2. The number of ether oxygens (including phenoxy) is 2. The lowest BCUT2D eigenvalue weighted by Crippen LogP contribution is -2.13. The molecule has 3 aromatic rings. The number of carbonyl (C=O) groups excluding carboxylic acids is 1. The van der Waals surface area contributed by atoms with E-state index in [-0.39, 0.29) is 5.91 Å². The first-order valence-electron chi connectivity index (χ1n) is 9.24. The van der Waals surface area contributed by atoms with Crippen LogP contribution in [0.3, 0.4) is 0 Å². The fraction of sp³-hybridized carbons (Fsp3) is 0.174. The summed E-state index contributed by atoms with van der Waals surface area (Å²) in [7, 11) is 0. The second kappa shape index (κ2) is 10.7. The first-order chi connectivity index (χ1) is 14.1. The minimum Gasteiger partial charge on any atom is -0.492 e. The average molecular weight is 430 g/mol. The van der Waals surface area contributed by atoms with E-state index in [4.69, 9.17) is 32.7 Å². The Kier molecular flexibility index (Phi) is 7.79. The molecule has 3 rings (SSSR count). The van der Waals surface area contributed by atoms with E-state index in [0.717, 1.165) is 5.56 Å². The summed E-state index contributed by atoms with van der Waals surface area (Å²) in [5.74, 6) is 1.17. The summed E-state index contributed by atoms with van der Waals surface area (Å²) in [5, 5.41) is 3.89. The molecule has 150 valence electrons. The lowest BCUT2D eigenvalue weighted by molar-refractivity contribution is -0.116. The Balaban J connectivity index is 1.42. The number of halogens is 2. The monoisotopic (exact) mass is 429 g/mol. The Labute approximate surface area is 180 Å². The zero-order valence-corrected chi connectivity index (χ0v) is 17.2. The van der Waals surface area contributed by atoms with Gasteiger partial charge in [-0.25, -0.2) is 0 Å². The van der Waals surface area contributed by atoms with Crippen LogP contribution >= 0.6 is 23.2 Å². The summed E-state index contributed by atoms with van der Waals surface area (Å²) in [6, 6.07) is 22.3. The van der Waals surface area contributed by atoms with E-state index >= 15 is 0 Å². The molecule has 0 saturated heterocycles. The van der Waals surface area contributed by atoms with E-state index in [1.165, 1.54) is 0 Å². The number of rotatable bonds is 9. The van der Waals surface area contributed by atoms with Crippen molar-refractivity contribution in [3.05, 3.63) is 88.4 Å². The van der Waals surface area contributed by atoms with Gasteiger partial charge in [-0.3, -0.25) is 4.79 Å². The molecule has 1 N–H and O–H groups in total. The third-order valence-electron chi connectivity index (χ3n) is 4.07. The summed E-state index contributed by atoms with van der Waals surface area (Å²) >= 11 is 11.9. The van der Waals surface area contributed by atoms with E-state index in [1.54, 1.807) is 18.2 Å². The van der Waals surface area contributed by atoms with Gasteiger partial charge in [0.15, 0.2) is 0 Å². The molecule has 0 atom stereocenters. The van der Waals surface area contributed by atoms with Crippen LogP contribution in [0.2, 0.25) is 10.0 Å². The first kappa shape index (κ1) is 21.0. The quantitative estimate of drug-likeness (QED) is 0.401. The molecular weight excluding hydrogens is 409 g/mol. The molecule has 3 aromatic carbocycles. The second-order valence-electron chi connectivity index (χ2n) is 6.38. The molecule has 0 spiro atoms. The molecule has 0 radical (unpaired) electrons. The number of anilines is 1. The van der Waals surface area contributed by atoms with Crippen molar-refractivity contribution in [1.29, 1.82) is 0 Å². The van der Waals surface area contributed by atoms with Crippen molar-refractivity contribution in [2.75, 3.05) is 11.9 Å². The molecular formula is C23H21Cl2NO3. The highest BCUT2D eigenvalue weighted by Crippen LogP contribution is 2.27. The third kappa shape index (κ3) is 7.00. The van der Waals surface area contributed by atoms with Gasteiger partial charge >= 0.3 is 0 Å². The minimum atomic E-state index is -0.0870. The molecule has 0 aromatic heterocycles. The molecule has 29 heavy (non-hydrogen) atoms. The SMILES string of the molecule is O=C(CCCOc1ccc(Cl)cc1Cl)Nc1cccc(OCc2ccccc2)c1. The van der Waals surface area contributed by atoms with Gasteiger partial charge in [-0.05, 0) is 42.3 Å². The Morgan fingerprint density at radius 2 is 1.72 bits per heavy atom. The number of hydrogen-bond donors (Lipinski definition) is 1. The Morgan fingerprint density at radius 3 is 2.52 bits per heavy atom. The van der Waals surface area contributed by atoms with E-state index in [1.807, 2.05) is 54.6 Å². The van der Waals surface area contributed by atoms with Gasteiger partial charge < -0.3 is 14.8 Å². The van der Waals surface area contributed by atoms with Crippen molar-refractivity contribution in [1.82, 2.24) is 0 Å². The fourth-order valence-electron chi connectivity index (χ4n) is 2.64. The van der Waals surface area contributed by atoms with Crippen molar-refractivity contribution in [3.63, 3.8) is 0 Å². The van der Waals surface area contributed by atoms with Gasteiger partial charge in [0, 0.05) is 23.2 Å². The molecule has 6 heteroatoms. The van der Waals surface area contributed by atoms with Crippen LogP contribution in [0.15, 0.2) is 72.8 Å². The second-order valence-corrected chi connectivity index (χ2v) is 7.22. The molecule has 1 amide bonds. The highest BCUT2D eigenvalue weighted by atomic mass is 35.5. The first-order valence-corrected chi connectivity index (χ1v) is 10.0. The van der Waals surface area contributed by atoms with Gasteiger partial charge in [0.05, 0.1) is 11.6 Å². The van der Waals surface area contributed by atoms with Gasteiger partial charge in [0.25, 0.3) is 0 Å². The largest absolute Gasteiger partial charge is 0.492 e. The molecule has 4 nitrogen and oxygen atoms in total. The van der Waals surface area contributed by atoms with Crippen molar-refractivity contribution in [2.24, 2.45) is 0 Å². The van der Waals surface area contributed by atoms with Gasteiger partial charge in [0.2, 0.25) is 5.91 Å². The normalized spacial score (nSPS) is 10.4. The van der Waals surface area contributed by atoms with Crippen molar-refractivity contribution in [3.8, 4) is 11.5 Å². The predicted octanol–water partition coefficient (Wildman–Crippen LogP) is 6.37. The van der Waals surface area contributed by atoms with Gasteiger partial charge in [-0.15, -0.1) is 0 Å². The van der Waals surface area contributed by atoms with Crippen LogP contribution in [0.25, 0.3) is 0 Å². The Hall–Kier alpha value is -2.69. The van der Waals surface area contributed by atoms with Crippen LogP contribution in [-0.4, -0.2) is 12.5 Å². The highest BCUT2D eigenvalue weighted by molar-refractivity contribution is 6.35. The van der Waals surface area contributed by atoms with Gasteiger partial charge in [-0.1, -0.05) is 59.6 Å². The lowest BCUT2D eigenvalue weighted by atomic mass is 10.2. The number of nitrogens with one attached hydrogen (secondary N) is 1. The maximum absolute atomic E-state index is 12.2. The predicted molar refractivity (Wildman–Crippen MR) is 117 cm³/mol. The van der Waals surface area contributed by atoms with Gasteiger partial charge in [0.1, 0.15) is 18.1 Å². The maximum atomic E-state index is 12.2. The molecule has 0 aliphatic carbocycles. The third-order valence-corrected chi connectivity index (χ3v) is 4.60. The van der Waals surface area contributed by atoms with Crippen LogP contribution in [0.4, 0.5) is 5.69 Å². The topological polar surface area (TPSA) is 47.6 Å². The highest BCUT2D eigenvalue weighted by Gasteiger charge is 2.06. The van der Waals surface area contributed by atoms with E-state index in [9.17, 15) is 4.79 Å². The van der Waals surface area contributed by atoms with Crippen molar-refractivity contribution in [2.45, 2.75) is 19.4 Å². The zero-order valence-electron chi connectivity index (χ0n) is 15.7. The number of hydrogen-bond acceptors (Lipinski definition) is 3. The maximum Gasteiger partial charge on any atom is 0.224 e. The van der Waals surface area contributed by atoms with Crippen LogP contribution in [0.5, 0.6) is 11.5 Å². The summed E-state index contributed by atoms with van der Waals surface area (Å²) in [5.41, 5.74) is 1.78. The van der Waals surface area contributed by atoms with E-state index in [0.29, 0.717) is 53.3 Å². The molecule has 0 bridgehead atoms. The molecule has 0 saturated carbocycles. The van der Waals surface area contributed by atoms with Crippen LogP contribution in [0.1, 0.15) is 18.4 Å². The zero-order chi connectivity index (χ0) is 20.5. The van der Waals surface area contributed by atoms with Crippen LogP contribution in [0, 0.1) is 0 Å². The van der Waals surface area contributed by atoms with Crippen LogP contribution in [-0.2, 0) is 11.4 Å². The Bertz CT molecular complexity index is 948. The molecule has 0 aliphatic rings. The van der Waals surface area contributed by atoms with Crippen molar-refractivity contribution >= 4 is 34.8 Å². The molecule has 0 unspecified atom stereocenters. The number of carbonyl (C=O) groups is 1. The minimum absolute atomic E-state index is 0.0870. The smallest absolute Gasteiger partial charge is 0.224 e. The Morgan fingerprint density at radius 1 is 0.897 bits per heavy atom. The number of benzene rings is 3. The van der Waals surface area contributed by atoms with Gasteiger partial charge in [-0.2, -0.15) is 0 Å². The summed E-state index contributed by atoms with van der Waals surface area (Å²) < 4.78 is 11.4. The van der Waals surface area contributed by atoms with Crippen LogP contribution < -0.4 is 14.8 Å². The lowest BCUT2D eigenvalue weighted by Gasteiger charge is -2.10. The number of amides is 1. The standard InChI is InChI=1S/C23H21Cl2NO3/c24-18-11-12-22(21(25)14-18)28-13-5-10-23(27)26-19-8-4-9-20(15-19)29-16-17-6-2-1-3-7-17/h1-4,6-9,11-12,14-15H,5,10,13,16H2,(H,26,27). The van der Waals surface area contributed by atoms with Crippen molar-refractivity contribution < 1.29 is 14.3 Å². The fourth-order valence-corrected chi connectivity index (χ4v) is 3.10. The van der Waals surface area contributed by atoms with E-state index < -0.39 is 0 Å². The van der Waals surface area contributed by atoms with E-state index in [2.05, 4.69) is 5.32 Å². The molecule has 0 fully saturated rings. The summed E-state index contributed by atoms with van der Waals surface area (Å²) in [6.07, 6.45) is 0.898. The average Bonchev–Trinajstić information content (AvgIpc) is 2.72. The summed E-state index contributed by atoms with van der Waals surface area (Å²) in [6.45, 7) is 0.859. The molecule has 0 heterocycles.